The summed E-state index contributed by atoms with van der Waals surface area (Å²) in [5, 5.41) is 4.85. The van der Waals surface area contributed by atoms with Crippen LogP contribution >= 0.6 is 35.7 Å². The summed E-state index contributed by atoms with van der Waals surface area (Å²) in [7, 11) is 0. The molecule has 1 fully saturated rings. The Morgan fingerprint density at radius 2 is 1.90 bits per heavy atom. The molecule has 31 heavy (non-hydrogen) atoms. The van der Waals surface area contributed by atoms with E-state index in [-0.39, 0.29) is 5.91 Å². The standard InChI is InChI=1S/C24H21N3OS3/c1-3-14-26-23(28)21(31-24(26)29)15-18-16-27(19-8-6-5-7-9-19)25-22(18)17-10-12-20(13-11-17)30-4-2/h3,5-13,15-16H,1,4,14H2,2H3. The summed E-state index contributed by atoms with van der Waals surface area (Å²) in [5.74, 6) is 0.933. The van der Waals surface area contributed by atoms with Gasteiger partial charge in [0.1, 0.15) is 4.32 Å². The van der Waals surface area contributed by atoms with Crippen LogP contribution in [0.25, 0.3) is 23.0 Å². The molecule has 7 heteroatoms. The number of rotatable bonds is 7. The molecule has 0 bridgehead atoms. The van der Waals surface area contributed by atoms with E-state index in [0.717, 1.165) is 28.3 Å². The number of para-hydroxylation sites is 1. The molecule has 0 unspecified atom stereocenters. The second-order valence-corrected chi connectivity index (χ2v) is 9.76. The summed E-state index contributed by atoms with van der Waals surface area (Å²) in [5.41, 5.74) is 3.66. The molecule has 1 amide bonds. The molecule has 0 N–H and O–H groups in total. The van der Waals surface area contributed by atoms with E-state index in [1.165, 1.54) is 16.7 Å². The van der Waals surface area contributed by atoms with Gasteiger partial charge in [-0.25, -0.2) is 4.68 Å². The van der Waals surface area contributed by atoms with Crippen molar-refractivity contribution in [3.63, 3.8) is 0 Å². The molecule has 0 aliphatic carbocycles. The number of benzene rings is 2. The van der Waals surface area contributed by atoms with Gasteiger partial charge in [-0.15, -0.1) is 18.3 Å². The van der Waals surface area contributed by atoms with E-state index in [1.54, 1.807) is 22.7 Å². The zero-order valence-electron chi connectivity index (χ0n) is 17.0. The maximum atomic E-state index is 12.8. The van der Waals surface area contributed by atoms with E-state index in [0.29, 0.717) is 15.8 Å². The second kappa shape index (κ2) is 9.68. The molecule has 0 radical (unpaired) electrons. The lowest BCUT2D eigenvalue weighted by Crippen LogP contribution is -2.27. The van der Waals surface area contributed by atoms with Gasteiger partial charge in [-0.3, -0.25) is 9.69 Å². The number of hydrogen-bond acceptors (Lipinski definition) is 5. The minimum Gasteiger partial charge on any atom is -0.289 e. The maximum Gasteiger partial charge on any atom is 0.266 e. The molecule has 4 nitrogen and oxygen atoms in total. The quantitative estimate of drug-likeness (QED) is 0.185. The molecule has 1 aliphatic heterocycles. The third-order valence-corrected chi connectivity index (χ3v) is 6.95. The molecular weight excluding hydrogens is 442 g/mol. The fourth-order valence-electron chi connectivity index (χ4n) is 3.23. The van der Waals surface area contributed by atoms with Gasteiger partial charge in [0.2, 0.25) is 0 Å². The molecule has 1 aromatic heterocycles. The van der Waals surface area contributed by atoms with Crippen LogP contribution in [0.1, 0.15) is 12.5 Å². The number of aromatic nitrogens is 2. The monoisotopic (exact) mass is 463 g/mol. The summed E-state index contributed by atoms with van der Waals surface area (Å²) < 4.78 is 2.40. The minimum atomic E-state index is -0.0944. The molecule has 1 aliphatic rings. The highest BCUT2D eigenvalue weighted by molar-refractivity contribution is 8.26. The Morgan fingerprint density at radius 3 is 2.58 bits per heavy atom. The van der Waals surface area contributed by atoms with Crippen LogP contribution in [0.15, 0.2) is 83.2 Å². The Hall–Kier alpha value is -2.61. The smallest absolute Gasteiger partial charge is 0.266 e. The van der Waals surface area contributed by atoms with Crippen LogP contribution in [-0.4, -0.2) is 37.2 Å². The second-order valence-electron chi connectivity index (χ2n) is 6.75. The third-order valence-electron chi connectivity index (χ3n) is 4.67. The Morgan fingerprint density at radius 1 is 1.16 bits per heavy atom. The zero-order chi connectivity index (χ0) is 21.8. The first-order valence-electron chi connectivity index (χ1n) is 9.85. The predicted octanol–water partition coefficient (Wildman–Crippen LogP) is 6.04. The normalized spacial score (nSPS) is 15.1. The molecule has 2 heterocycles. The van der Waals surface area contributed by atoms with Gasteiger partial charge >= 0.3 is 0 Å². The topological polar surface area (TPSA) is 38.1 Å². The Labute approximate surface area is 196 Å². The summed E-state index contributed by atoms with van der Waals surface area (Å²) >= 11 is 8.50. The third kappa shape index (κ3) is 4.69. The summed E-state index contributed by atoms with van der Waals surface area (Å²) in [6.45, 7) is 6.27. The van der Waals surface area contributed by atoms with E-state index < -0.39 is 0 Å². The summed E-state index contributed by atoms with van der Waals surface area (Å²) in [6.07, 6.45) is 5.53. The molecule has 4 rings (SSSR count). The minimum absolute atomic E-state index is 0.0944. The van der Waals surface area contributed by atoms with E-state index in [9.17, 15) is 4.79 Å². The predicted molar refractivity (Wildman–Crippen MR) is 135 cm³/mol. The first kappa shape index (κ1) is 21.6. The fourth-order valence-corrected chi connectivity index (χ4v) is 5.16. The average molecular weight is 464 g/mol. The van der Waals surface area contributed by atoms with Crippen molar-refractivity contribution in [2.24, 2.45) is 0 Å². The molecule has 1 saturated heterocycles. The highest BCUT2D eigenvalue weighted by Crippen LogP contribution is 2.35. The van der Waals surface area contributed by atoms with E-state index in [2.05, 4.69) is 37.8 Å². The highest BCUT2D eigenvalue weighted by Gasteiger charge is 2.31. The number of carbonyl (C=O) groups excluding carboxylic acids is 1. The van der Waals surface area contributed by atoms with Crippen LogP contribution in [0.3, 0.4) is 0 Å². The van der Waals surface area contributed by atoms with Crippen LogP contribution in [0.2, 0.25) is 0 Å². The van der Waals surface area contributed by atoms with Crippen LogP contribution in [0.5, 0.6) is 0 Å². The molecule has 0 spiro atoms. The number of hydrogen-bond donors (Lipinski definition) is 0. The molecule has 0 atom stereocenters. The Balaban J connectivity index is 1.77. The SMILES string of the molecule is C=CCN1C(=O)C(=Cc2cn(-c3ccccc3)nc2-c2ccc(SCC)cc2)SC1=S. The molecule has 3 aromatic rings. The largest absolute Gasteiger partial charge is 0.289 e. The highest BCUT2D eigenvalue weighted by atomic mass is 32.2. The Bertz CT molecular complexity index is 1150. The number of amides is 1. The number of thioether (sulfide) groups is 2. The fraction of sp³-hybridized carbons (Fsp3) is 0.125. The van der Waals surface area contributed by atoms with Crippen molar-refractivity contribution >= 4 is 52.0 Å². The molecule has 156 valence electrons. The lowest BCUT2D eigenvalue weighted by molar-refractivity contribution is -0.121. The van der Waals surface area contributed by atoms with Gasteiger partial charge in [0.25, 0.3) is 5.91 Å². The van der Waals surface area contributed by atoms with Crippen LogP contribution in [-0.2, 0) is 4.79 Å². The van der Waals surface area contributed by atoms with Gasteiger partial charge in [0, 0.05) is 28.8 Å². The van der Waals surface area contributed by atoms with Crippen LogP contribution in [0, 0.1) is 0 Å². The van der Waals surface area contributed by atoms with Gasteiger partial charge in [-0.05, 0) is 36.1 Å². The van der Waals surface area contributed by atoms with Crippen LogP contribution in [0.4, 0.5) is 0 Å². The average Bonchev–Trinajstić information content (AvgIpc) is 3.32. The molecule has 2 aromatic carbocycles. The first-order valence-corrected chi connectivity index (χ1v) is 12.1. The van der Waals surface area contributed by atoms with Crippen molar-refractivity contribution in [2.75, 3.05) is 12.3 Å². The van der Waals surface area contributed by atoms with Crippen LogP contribution < -0.4 is 0 Å². The van der Waals surface area contributed by atoms with Crippen molar-refractivity contribution < 1.29 is 4.79 Å². The lowest BCUT2D eigenvalue weighted by Gasteiger charge is -2.10. The Kier molecular flexibility index (Phi) is 6.75. The van der Waals surface area contributed by atoms with E-state index in [1.807, 2.05) is 47.3 Å². The van der Waals surface area contributed by atoms with Gasteiger partial charge in [-0.1, -0.05) is 67.3 Å². The van der Waals surface area contributed by atoms with Crippen molar-refractivity contribution in [1.82, 2.24) is 14.7 Å². The van der Waals surface area contributed by atoms with Crippen molar-refractivity contribution in [2.45, 2.75) is 11.8 Å². The van der Waals surface area contributed by atoms with Gasteiger partial charge in [-0.2, -0.15) is 5.10 Å². The molecule has 0 saturated carbocycles. The van der Waals surface area contributed by atoms with Gasteiger partial charge < -0.3 is 0 Å². The maximum absolute atomic E-state index is 12.8. The number of nitrogens with zero attached hydrogens (tertiary/aromatic N) is 3. The first-order chi connectivity index (χ1) is 15.1. The molecular formula is C24H21N3OS3. The zero-order valence-corrected chi connectivity index (χ0v) is 19.5. The van der Waals surface area contributed by atoms with Crippen molar-refractivity contribution in [3.05, 3.63) is 83.9 Å². The van der Waals surface area contributed by atoms with Crippen molar-refractivity contribution in [1.29, 1.82) is 0 Å². The van der Waals surface area contributed by atoms with E-state index >= 15 is 0 Å². The number of carbonyl (C=O) groups is 1. The summed E-state index contributed by atoms with van der Waals surface area (Å²) in [6, 6.07) is 18.3. The number of thiocarbonyl (C=S) groups is 1. The summed E-state index contributed by atoms with van der Waals surface area (Å²) in [4.78, 5) is 16.2. The van der Waals surface area contributed by atoms with Crippen molar-refractivity contribution in [3.8, 4) is 16.9 Å². The van der Waals surface area contributed by atoms with E-state index in [4.69, 9.17) is 17.3 Å². The van der Waals surface area contributed by atoms with Gasteiger partial charge in [0.15, 0.2) is 0 Å². The lowest BCUT2D eigenvalue weighted by atomic mass is 10.1. The van der Waals surface area contributed by atoms with Gasteiger partial charge in [0.05, 0.1) is 16.3 Å².